The Balaban J connectivity index is 2.63. The third-order valence-corrected chi connectivity index (χ3v) is 2.56. The number of ether oxygens (including phenoxy) is 1. The van der Waals surface area contributed by atoms with Crippen molar-refractivity contribution in [1.82, 2.24) is 5.32 Å². The van der Waals surface area contributed by atoms with Gasteiger partial charge in [-0.2, -0.15) is 0 Å². The number of benzene rings is 1. The van der Waals surface area contributed by atoms with Crippen molar-refractivity contribution in [3.05, 3.63) is 29.3 Å². The Kier molecular flexibility index (Phi) is 4.97. The summed E-state index contributed by atoms with van der Waals surface area (Å²) in [5.41, 5.74) is 7.23. The summed E-state index contributed by atoms with van der Waals surface area (Å²) in [5.74, 6) is 0.633. The van der Waals surface area contributed by atoms with Crippen LogP contribution in [0.3, 0.4) is 0 Å². The Morgan fingerprint density at radius 3 is 2.82 bits per heavy atom. The van der Waals surface area contributed by atoms with Crippen molar-refractivity contribution in [2.75, 3.05) is 13.7 Å². The Hall–Kier alpha value is -1.55. The van der Waals surface area contributed by atoms with Crippen LogP contribution in [0.5, 0.6) is 5.75 Å². The molecule has 1 unspecified atom stereocenters. The lowest BCUT2D eigenvalue weighted by Gasteiger charge is -2.09. The molecule has 0 aliphatic heterocycles. The maximum atomic E-state index is 11.8. The number of carbonyl (C=O) groups is 1. The minimum Gasteiger partial charge on any atom is -0.496 e. The fraction of sp³-hybridized carbons (Fsp3) is 0.462. The van der Waals surface area contributed by atoms with E-state index in [1.165, 1.54) is 0 Å². The zero-order chi connectivity index (χ0) is 12.8. The van der Waals surface area contributed by atoms with E-state index < -0.39 is 0 Å². The SMILES string of the molecule is COc1cc(C(=O)NCCC(C)N)ccc1C. The second kappa shape index (κ2) is 6.25. The molecule has 0 aliphatic carbocycles. The molecule has 94 valence electrons. The van der Waals surface area contributed by atoms with E-state index in [4.69, 9.17) is 10.5 Å². The van der Waals surface area contributed by atoms with Crippen LogP contribution in [0, 0.1) is 6.92 Å². The van der Waals surface area contributed by atoms with E-state index in [0.29, 0.717) is 12.1 Å². The van der Waals surface area contributed by atoms with Crippen molar-refractivity contribution in [2.24, 2.45) is 5.73 Å². The van der Waals surface area contributed by atoms with Gasteiger partial charge in [-0.05, 0) is 38.0 Å². The van der Waals surface area contributed by atoms with Crippen molar-refractivity contribution in [3.8, 4) is 5.75 Å². The van der Waals surface area contributed by atoms with Crippen LogP contribution in [-0.4, -0.2) is 25.6 Å². The van der Waals surface area contributed by atoms with Gasteiger partial charge in [-0.25, -0.2) is 0 Å². The summed E-state index contributed by atoms with van der Waals surface area (Å²) in [6, 6.07) is 5.51. The van der Waals surface area contributed by atoms with Crippen LogP contribution in [0.25, 0.3) is 0 Å². The number of rotatable bonds is 5. The van der Waals surface area contributed by atoms with Gasteiger partial charge in [0, 0.05) is 18.2 Å². The second-order valence-corrected chi connectivity index (χ2v) is 4.21. The largest absolute Gasteiger partial charge is 0.496 e. The van der Waals surface area contributed by atoms with Gasteiger partial charge < -0.3 is 15.8 Å². The van der Waals surface area contributed by atoms with Gasteiger partial charge in [-0.1, -0.05) is 6.07 Å². The predicted molar refractivity (Wildman–Crippen MR) is 68.3 cm³/mol. The molecule has 1 aromatic rings. The summed E-state index contributed by atoms with van der Waals surface area (Å²) in [6.45, 7) is 4.45. The summed E-state index contributed by atoms with van der Waals surface area (Å²) in [7, 11) is 1.60. The van der Waals surface area contributed by atoms with E-state index >= 15 is 0 Å². The molecule has 1 atom stereocenters. The van der Waals surface area contributed by atoms with Gasteiger partial charge in [0.05, 0.1) is 7.11 Å². The van der Waals surface area contributed by atoms with Crippen molar-refractivity contribution in [1.29, 1.82) is 0 Å². The minimum atomic E-state index is -0.0936. The molecule has 1 aromatic carbocycles. The van der Waals surface area contributed by atoms with Crippen LogP contribution in [0.15, 0.2) is 18.2 Å². The maximum Gasteiger partial charge on any atom is 0.251 e. The molecule has 0 saturated heterocycles. The molecule has 3 N–H and O–H groups in total. The number of amides is 1. The standard InChI is InChI=1S/C13H20N2O2/c1-9-4-5-11(8-12(9)17-3)13(16)15-7-6-10(2)14/h4-5,8,10H,6-7,14H2,1-3H3,(H,15,16). The van der Waals surface area contributed by atoms with Gasteiger partial charge in [0.25, 0.3) is 5.91 Å². The fourth-order valence-electron chi connectivity index (χ4n) is 1.48. The number of hydrogen-bond donors (Lipinski definition) is 2. The summed E-state index contributed by atoms with van der Waals surface area (Å²) >= 11 is 0. The van der Waals surface area contributed by atoms with E-state index in [0.717, 1.165) is 17.7 Å². The maximum absolute atomic E-state index is 11.8. The van der Waals surface area contributed by atoms with Crippen LogP contribution in [0.2, 0.25) is 0 Å². The van der Waals surface area contributed by atoms with Crippen LogP contribution in [-0.2, 0) is 0 Å². The molecule has 0 radical (unpaired) electrons. The van der Waals surface area contributed by atoms with Crippen LogP contribution in [0.1, 0.15) is 29.3 Å². The summed E-state index contributed by atoms with van der Waals surface area (Å²) in [5, 5.41) is 2.83. The molecule has 0 saturated carbocycles. The smallest absolute Gasteiger partial charge is 0.251 e. The normalized spacial score (nSPS) is 12.0. The Morgan fingerprint density at radius 2 is 2.24 bits per heavy atom. The first-order chi connectivity index (χ1) is 8.04. The molecule has 0 heterocycles. The number of methoxy groups -OCH3 is 1. The highest BCUT2D eigenvalue weighted by molar-refractivity contribution is 5.94. The van der Waals surface area contributed by atoms with Crippen molar-refractivity contribution >= 4 is 5.91 Å². The molecule has 4 heteroatoms. The van der Waals surface area contributed by atoms with E-state index in [1.54, 1.807) is 19.2 Å². The van der Waals surface area contributed by atoms with Crippen LogP contribution in [0.4, 0.5) is 0 Å². The molecule has 0 bridgehead atoms. The topological polar surface area (TPSA) is 64.3 Å². The summed E-state index contributed by atoms with van der Waals surface area (Å²) in [4.78, 5) is 11.8. The van der Waals surface area contributed by atoms with Gasteiger partial charge in [0.15, 0.2) is 0 Å². The van der Waals surface area contributed by atoms with E-state index in [2.05, 4.69) is 5.32 Å². The number of aryl methyl sites for hydroxylation is 1. The van der Waals surface area contributed by atoms with Crippen LogP contribution >= 0.6 is 0 Å². The lowest BCUT2D eigenvalue weighted by molar-refractivity contribution is 0.0952. The lowest BCUT2D eigenvalue weighted by Crippen LogP contribution is -2.28. The molecule has 0 aliphatic rings. The Morgan fingerprint density at radius 1 is 1.53 bits per heavy atom. The van der Waals surface area contributed by atoms with Gasteiger partial charge in [0.1, 0.15) is 5.75 Å². The highest BCUT2D eigenvalue weighted by Gasteiger charge is 2.08. The monoisotopic (exact) mass is 236 g/mol. The summed E-state index contributed by atoms with van der Waals surface area (Å²) in [6.07, 6.45) is 0.773. The average molecular weight is 236 g/mol. The molecule has 0 aromatic heterocycles. The van der Waals surface area contributed by atoms with Gasteiger partial charge in [0.2, 0.25) is 0 Å². The van der Waals surface area contributed by atoms with Gasteiger partial charge in [-0.3, -0.25) is 4.79 Å². The highest BCUT2D eigenvalue weighted by Crippen LogP contribution is 2.18. The molecule has 1 rings (SSSR count). The van der Waals surface area contributed by atoms with Gasteiger partial charge >= 0.3 is 0 Å². The van der Waals surface area contributed by atoms with Gasteiger partial charge in [-0.15, -0.1) is 0 Å². The van der Waals surface area contributed by atoms with Crippen LogP contribution < -0.4 is 15.8 Å². The molecule has 4 nitrogen and oxygen atoms in total. The average Bonchev–Trinajstić information content (AvgIpc) is 2.29. The first-order valence-corrected chi connectivity index (χ1v) is 5.73. The molecular formula is C13H20N2O2. The molecule has 1 amide bonds. The van der Waals surface area contributed by atoms with E-state index in [1.807, 2.05) is 19.9 Å². The third-order valence-electron chi connectivity index (χ3n) is 2.56. The Bertz CT molecular complexity index is 389. The number of carbonyl (C=O) groups excluding carboxylic acids is 1. The number of nitrogens with two attached hydrogens (primary N) is 1. The molecule has 0 fully saturated rings. The number of hydrogen-bond acceptors (Lipinski definition) is 3. The highest BCUT2D eigenvalue weighted by atomic mass is 16.5. The van der Waals surface area contributed by atoms with E-state index in [9.17, 15) is 4.79 Å². The third kappa shape index (κ3) is 4.07. The lowest BCUT2D eigenvalue weighted by atomic mass is 10.1. The van der Waals surface area contributed by atoms with Crippen molar-refractivity contribution < 1.29 is 9.53 Å². The zero-order valence-corrected chi connectivity index (χ0v) is 10.6. The number of nitrogens with one attached hydrogen (secondary N) is 1. The molecular weight excluding hydrogens is 216 g/mol. The summed E-state index contributed by atoms with van der Waals surface area (Å²) < 4.78 is 5.18. The second-order valence-electron chi connectivity index (χ2n) is 4.21. The minimum absolute atomic E-state index is 0.0936. The first-order valence-electron chi connectivity index (χ1n) is 5.73. The quantitative estimate of drug-likeness (QED) is 0.813. The molecule has 17 heavy (non-hydrogen) atoms. The fourth-order valence-corrected chi connectivity index (χ4v) is 1.48. The Labute approximate surface area is 102 Å². The zero-order valence-electron chi connectivity index (χ0n) is 10.6. The van der Waals surface area contributed by atoms with E-state index in [-0.39, 0.29) is 11.9 Å². The first kappa shape index (κ1) is 13.5. The van der Waals surface area contributed by atoms with Crippen molar-refractivity contribution in [3.63, 3.8) is 0 Å². The predicted octanol–water partition coefficient (Wildman–Crippen LogP) is 1.47. The molecule has 0 spiro atoms. The van der Waals surface area contributed by atoms with Crippen molar-refractivity contribution in [2.45, 2.75) is 26.3 Å².